The smallest absolute Gasteiger partial charge is 0.335 e. The molecule has 0 spiro atoms. The van der Waals surface area contributed by atoms with Gasteiger partial charge in [0.2, 0.25) is 0 Å². The molecule has 6 heteroatoms. The summed E-state index contributed by atoms with van der Waals surface area (Å²) in [5.74, 6) is -1.15. The molecule has 1 amide bonds. The lowest BCUT2D eigenvalue weighted by Gasteiger charge is -2.17. The van der Waals surface area contributed by atoms with Crippen molar-refractivity contribution >= 4 is 34.4 Å². The Bertz CT molecular complexity index is 1290. The van der Waals surface area contributed by atoms with Crippen molar-refractivity contribution < 1.29 is 14.7 Å². The van der Waals surface area contributed by atoms with Gasteiger partial charge in [0.25, 0.3) is 5.91 Å². The number of aromatic nitrogens is 1. The number of carboxylic acid groups (broad SMARTS) is 1. The first-order valence-corrected chi connectivity index (χ1v) is 10.7. The first kappa shape index (κ1) is 21.7. The Labute approximate surface area is 191 Å². The Morgan fingerprint density at radius 3 is 2.38 bits per heavy atom. The van der Waals surface area contributed by atoms with Crippen LogP contribution in [-0.2, 0) is 6.54 Å². The maximum atomic E-state index is 13.3. The number of rotatable bonds is 6. The number of hydrogen-bond acceptors (Lipinski definition) is 2. The lowest BCUT2D eigenvalue weighted by Crippen LogP contribution is -2.27. The minimum Gasteiger partial charge on any atom is -0.478 e. The van der Waals surface area contributed by atoms with E-state index in [1.807, 2.05) is 56.4 Å². The number of nitrogens with one attached hydrogen (secondary N) is 1. The second kappa shape index (κ2) is 8.89. The number of halogens is 1. The van der Waals surface area contributed by atoms with E-state index in [1.54, 1.807) is 24.3 Å². The lowest BCUT2D eigenvalue weighted by molar-refractivity contribution is 0.0696. The molecule has 32 heavy (non-hydrogen) atoms. The molecule has 0 aliphatic heterocycles. The van der Waals surface area contributed by atoms with Crippen LogP contribution in [0.15, 0.2) is 72.9 Å². The van der Waals surface area contributed by atoms with Gasteiger partial charge in [-0.1, -0.05) is 35.9 Å². The van der Waals surface area contributed by atoms with E-state index >= 15 is 0 Å². The van der Waals surface area contributed by atoms with Crippen LogP contribution >= 0.6 is 11.6 Å². The van der Waals surface area contributed by atoms with Crippen LogP contribution < -0.4 is 5.32 Å². The van der Waals surface area contributed by atoms with Crippen LogP contribution in [-0.4, -0.2) is 21.6 Å². The van der Waals surface area contributed by atoms with Gasteiger partial charge < -0.3 is 15.0 Å². The van der Waals surface area contributed by atoms with Crippen molar-refractivity contribution in [2.24, 2.45) is 0 Å². The third-order valence-electron chi connectivity index (χ3n) is 5.52. The Kier molecular flexibility index (Phi) is 6.01. The van der Waals surface area contributed by atoms with E-state index in [0.717, 1.165) is 27.6 Å². The fraction of sp³-hybridized carbons (Fsp3) is 0.154. The molecule has 5 nitrogen and oxygen atoms in total. The fourth-order valence-corrected chi connectivity index (χ4v) is 3.99. The molecule has 1 heterocycles. The number of aromatic carboxylic acids is 1. The molecule has 1 atom stereocenters. The van der Waals surface area contributed by atoms with Crippen LogP contribution in [0.25, 0.3) is 10.9 Å². The van der Waals surface area contributed by atoms with Crippen molar-refractivity contribution in [1.82, 2.24) is 9.88 Å². The Hall–Kier alpha value is -3.57. The van der Waals surface area contributed by atoms with E-state index in [2.05, 4.69) is 16.0 Å². The maximum Gasteiger partial charge on any atom is 0.335 e. The minimum atomic E-state index is -0.975. The van der Waals surface area contributed by atoms with E-state index in [4.69, 9.17) is 16.7 Å². The van der Waals surface area contributed by atoms with E-state index in [0.29, 0.717) is 17.1 Å². The number of carbonyl (C=O) groups is 2. The minimum absolute atomic E-state index is 0.176. The van der Waals surface area contributed by atoms with Gasteiger partial charge >= 0.3 is 5.97 Å². The summed E-state index contributed by atoms with van der Waals surface area (Å²) in [6, 6.07) is 19.9. The molecule has 2 N–H and O–H groups in total. The molecule has 1 aromatic heterocycles. The van der Waals surface area contributed by atoms with Crippen molar-refractivity contribution in [2.45, 2.75) is 26.4 Å². The second-order valence-electron chi connectivity index (χ2n) is 7.94. The predicted molar refractivity (Wildman–Crippen MR) is 127 cm³/mol. The molecular weight excluding hydrogens is 424 g/mol. The molecule has 0 radical (unpaired) electrons. The third-order valence-corrected chi connectivity index (χ3v) is 5.77. The van der Waals surface area contributed by atoms with E-state index in [9.17, 15) is 9.59 Å². The van der Waals surface area contributed by atoms with Gasteiger partial charge in [0, 0.05) is 23.2 Å². The highest BCUT2D eigenvalue weighted by atomic mass is 35.5. The van der Waals surface area contributed by atoms with Gasteiger partial charge in [0.1, 0.15) is 0 Å². The zero-order valence-corrected chi connectivity index (χ0v) is 18.6. The molecule has 0 aliphatic rings. The number of carbonyl (C=O) groups excluding carboxylic acids is 1. The van der Waals surface area contributed by atoms with Crippen molar-refractivity contribution in [1.29, 1.82) is 0 Å². The van der Waals surface area contributed by atoms with Crippen LogP contribution in [0.5, 0.6) is 0 Å². The van der Waals surface area contributed by atoms with Gasteiger partial charge in [-0.15, -0.1) is 0 Å². The zero-order chi connectivity index (χ0) is 22.8. The number of aryl methyl sites for hydroxylation is 1. The molecule has 0 unspecified atom stereocenters. The standard InChI is InChI=1S/C26H23ClN2O3/c1-16-13-21-11-12-29(15-18-3-9-22(27)10-4-18)24(21)23(14-16)25(30)28-17(2)19-5-7-20(8-6-19)26(31)32/h3-14,17H,15H2,1-2H3,(H,28,30)(H,31,32)/t17-/m0/s1. The monoisotopic (exact) mass is 446 g/mol. The largest absolute Gasteiger partial charge is 0.478 e. The summed E-state index contributed by atoms with van der Waals surface area (Å²) in [5, 5.41) is 13.8. The van der Waals surface area contributed by atoms with Gasteiger partial charge in [-0.2, -0.15) is 0 Å². The Morgan fingerprint density at radius 2 is 1.72 bits per heavy atom. The molecule has 3 aromatic carbocycles. The summed E-state index contributed by atoms with van der Waals surface area (Å²) >= 11 is 6.01. The summed E-state index contributed by atoms with van der Waals surface area (Å²) in [5.41, 5.74) is 4.62. The predicted octanol–water partition coefficient (Wildman–Crippen LogP) is 5.84. The number of fused-ring (bicyclic) bond motifs is 1. The number of nitrogens with zero attached hydrogens (tertiary/aromatic N) is 1. The fourth-order valence-electron chi connectivity index (χ4n) is 3.86. The Morgan fingerprint density at radius 1 is 1.03 bits per heavy atom. The highest BCUT2D eigenvalue weighted by molar-refractivity contribution is 6.30. The normalized spacial score (nSPS) is 12.0. The number of carboxylic acids is 1. The molecule has 0 saturated heterocycles. The van der Waals surface area contributed by atoms with E-state index in [-0.39, 0.29) is 17.5 Å². The van der Waals surface area contributed by atoms with Gasteiger partial charge in [-0.25, -0.2) is 4.79 Å². The molecule has 162 valence electrons. The summed E-state index contributed by atoms with van der Waals surface area (Å²) in [6.45, 7) is 4.48. The van der Waals surface area contributed by atoms with Crippen LogP contribution in [0.4, 0.5) is 0 Å². The Balaban J connectivity index is 1.63. The van der Waals surface area contributed by atoms with Gasteiger partial charge in [0.05, 0.1) is 22.7 Å². The highest BCUT2D eigenvalue weighted by Gasteiger charge is 2.18. The molecule has 0 aliphatic carbocycles. The van der Waals surface area contributed by atoms with E-state index < -0.39 is 5.97 Å². The molecular formula is C26H23ClN2O3. The van der Waals surface area contributed by atoms with Crippen molar-refractivity contribution in [3.05, 3.63) is 106 Å². The van der Waals surface area contributed by atoms with Crippen LogP contribution in [0, 0.1) is 6.92 Å². The quantitative estimate of drug-likeness (QED) is 0.390. The number of hydrogen-bond donors (Lipinski definition) is 2. The number of benzene rings is 3. The van der Waals surface area contributed by atoms with Crippen LogP contribution in [0.3, 0.4) is 0 Å². The summed E-state index contributed by atoms with van der Waals surface area (Å²) < 4.78 is 2.07. The molecule has 0 fully saturated rings. The molecule has 0 bridgehead atoms. The molecule has 4 aromatic rings. The second-order valence-corrected chi connectivity index (χ2v) is 8.38. The topological polar surface area (TPSA) is 71.3 Å². The first-order chi connectivity index (χ1) is 15.3. The van der Waals surface area contributed by atoms with Crippen molar-refractivity contribution in [3.63, 3.8) is 0 Å². The maximum absolute atomic E-state index is 13.3. The number of amides is 1. The van der Waals surface area contributed by atoms with Crippen LogP contribution in [0.2, 0.25) is 5.02 Å². The third kappa shape index (κ3) is 4.53. The summed E-state index contributed by atoms with van der Waals surface area (Å²) in [4.78, 5) is 24.4. The highest BCUT2D eigenvalue weighted by Crippen LogP contribution is 2.25. The average Bonchev–Trinajstić information content (AvgIpc) is 3.17. The van der Waals surface area contributed by atoms with Gasteiger partial charge in [0.15, 0.2) is 0 Å². The van der Waals surface area contributed by atoms with E-state index in [1.165, 1.54) is 0 Å². The van der Waals surface area contributed by atoms with Crippen LogP contribution in [0.1, 0.15) is 50.4 Å². The first-order valence-electron chi connectivity index (χ1n) is 10.3. The van der Waals surface area contributed by atoms with Crippen molar-refractivity contribution in [2.75, 3.05) is 0 Å². The SMILES string of the molecule is Cc1cc(C(=O)N[C@@H](C)c2ccc(C(=O)O)cc2)c2c(ccn2Cc2ccc(Cl)cc2)c1. The molecule has 0 saturated carbocycles. The average molecular weight is 447 g/mol. The summed E-state index contributed by atoms with van der Waals surface area (Å²) in [7, 11) is 0. The summed E-state index contributed by atoms with van der Waals surface area (Å²) in [6.07, 6.45) is 1.99. The van der Waals surface area contributed by atoms with Crippen molar-refractivity contribution in [3.8, 4) is 0 Å². The molecule has 4 rings (SSSR count). The van der Waals surface area contributed by atoms with Gasteiger partial charge in [-0.3, -0.25) is 4.79 Å². The van der Waals surface area contributed by atoms with Gasteiger partial charge in [-0.05, 0) is 73.0 Å². The zero-order valence-electron chi connectivity index (χ0n) is 17.8. The lowest BCUT2D eigenvalue weighted by atomic mass is 10.0.